The number of carbonyl (C=O) groups excluding carboxylic acids is 1. The fraction of sp³-hybridized carbons (Fsp3) is 0.304. The largest absolute Gasteiger partial charge is 0.338 e. The molecule has 0 aliphatic heterocycles. The van der Waals surface area contributed by atoms with E-state index in [0.717, 1.165) is 42.5 Å². The minimum absolute atomic E-state index is 0.152. The summed E-state index contributed by atoms with van der Waals surface area (Å²) in [6.07, 6.45) is 3.81. The van der Waals surface area contributed by atoms with E-state index in [4.69, 9.17) is 4.52 Å². The molecular weight excluding hydrogens is 414 g/mol. The van der Waals surface area contributed by atoms with Crippen LogP contribution in [0.4, 0.5) is 5.88 Å². The Morgan fingerprint density at radius 2 is 1.77 bits per heavy atom. The monoisotopic (exact) mass is 439 g/mol. The van der Waals surface area contributed by atoms with E-state index >= 15 is 0 Å². The van der Waals surface area contributed by atoms with Gasteiger partial charge in [-0.1, -0.05) is 42.4 Å². The number of fused-ring (bicyclic) bond motifs is 1. The van der Waals surface area contributed by atoms with E-state index in [1.807, 2.05) is 30.3 Å². The Balaban J connectivity index is 1.49. The van der Waals surface area contributed by atoms with Gasteiger partial charge in [0.15, 0.2) is 0 Å². The summed E-state index contributed by atoms with van der Waals surface area (Å²) in [6.45, 7) is 2.44. The van der Waals surface area contributed by atoms with Gasteiger partial charge in [0.05, 0.1) is 10.6 Å². The Bertz CT molecular complexity index is 1160. The number of aromatic nitrogens is 1. The van der Waals surface area contributed by atoms with E-state index in [0.29, 0.717) is 24.5 Å². The molecule has 31 heavy (non-hydrogen) atoms. The standard InChI is InChI=1S/C23H25N3O4S/c1-2-26(16-17-8-4-3-5-9-17)31(28,29)19-14-12-18(13-15-19)22(27)24-23-20-10-6-7-11-21(20)25-30-23/h3-5,8-9,12-15H,2,6-7,10-11,16H2,1H3,(H,24,27). The van der Waals surface area contributed by atoms with Crippen LogP contribution in [-0.4, -0.2) is 30.3 Å². The molecule has 1 aromatic heterocycles. The third-order valence-corrected chi connectivity index (χ3v) is 7.43. The van der Waals surface area contributed by atoms with Crippen LogP contribution in [0.15, 0.2) is 64.0 Å². The molecule has 162 valence electrons. The first-order valence-corrected chi connectivity index (χ1v) is 11.9. The summed E-state index contributed by atoms with van der Waals surface area (Å²) in [5.74, 6) is 0.0292. The predicted octanol–water partition coefficient (Wildman–Crippen LogP) is 4.02. The zero-order valence-corrected chi connectivity index (χ0v) is 18.2. The van der Waals surface area contributed by atoms with Crippen molar-refractivity contribution in [3.8, 4) is 0 Å². The molecule has 0 radical (unpaired) electrons. The lowest BCUT2D eigenvalue weighted by Crippen LogP contribution is -2.30. The van der Waals surface area contributed by atoms with Crippen molar-refractivity contribution < 1.29 is 17.7 Å². The molecular formula is C23H25N3O4S. The summed E-state index contributed by atoms with van der Waals surface area (Å²) < 4.78 is 32.9. The average molecular weight is 440 g/mol. The molecule has 1 aliphatic rings. The summed E-state index contributed by atoms with van der Waals surface area (Å²) in [5.41, 5.74) is 3.13. The summed E-state index contributed by atoms with van der Waals surface area (Å²) in [7, 11) is -3.68. The molecule has 0 spiro atoms. The van der Waals surface area contributed by atoms with Gasteiger partial charge in [-0.25, -0.2) is 8.42 Å². The number of anilines is 1. The Labute approximate surface area is 182 Å². The summed E-state index contributed by atoms with van der Waals surface area (Å²) >= 11 is 0. The quantitative estimate of drug-likeness (QED) is 0.600. The van der Waals surface area contributed by atoms with E-state index < -0.39 is 10.0 Å². The van der Waals surface area contributed by atoms with Crippen molar-refractivity contribution in [3.63, 3.8) is 0 Å². The number of benzene rings is 2. The van der Waals surface area contributed by atoms with Crippen molar-refractivity contribution in [2.75, 3.05) is 11.9 Å². The summed E-state index contributed by atoms with van der Waals surface area (Å²) in [6, 6.07) is 15.4. The fourth-order valence-electron chi connectivity index (χ4n) is 3.75. The molecule has 1 N–H and O–H groups in total. The molecule has 0 saturated carbocycles. The van der Waals surface area contributed by atoms with Crippen molar-refractivity contribution in [1.29, 1.82) is 0 Å². The van der Waals surface area contributed by atoms with Gasteiger partial charge in [0.2, 0.25) is 15.9 Å². The highest BCUT2D eigenvalue weighted by atomic mass is 32.2. The smallest absolute Gasteiger partial charge is 0.258 e. The Morgan fingerprint density at radius 1 is 1.06 bits per heavy atom. The van der Waals surface area contributed by atoms with Crippen molar-refractivity contribution in [1.82, 2.24) is 9.46 Å². The van der Waals surface area contributed by atoms with Crippen LogP contribution in [0.2, 0.25) is 0 Å². The molecule has 0 fully saturated rings. The van der Waals surface area contributed by atoms with Crippen molar-refractivity contribution in [3.05, 3.63) is 77.0 Å². The first kappa shape index (κ1) is 21.3. The van der Waals surface area contributed by atoms with Crippen LogP contribution in [0.1, 0.15) is 46.9 Å². The normalized spacial score (nSPS) is 13.7. The third kappa shape index (κ3) is 4.55. The molecule has 3 aromatic rings. The molecule has 1 aliphatic carbocycles. The Kier molecular flexibility index (Phi) is 6.20. The van der Waals surface area contributed by atoms with Crippen LogP contribution >= 0.6 is 0 Å². The van der Waals surface area contributed by atoms with Gasteiger partial charge < -0.3 is 4.52 Å². The van der Waals surface area contributed by atoms with Gasteiger partial charge in [0, 0.05) is 24.2 Å². The minimum Gasteiger partial charge on any atom is -0.338 e. The molecule has 4 rings (SSSR count). The number of carbonyl (C=O) groups is 1. The van der Waals surface area contributed by atoms with Gasteiger partial charge in [0.1, 0.15) is 0 Å². The first-order chi connectivity index (χ1) is 15.0. The maximum absolute atomic E-state index is 13.1. The average Bonchev–Trinajstić information content (AvgIpc) is 3.21. The maximum Gasteiger partial charge on any atom is 0.258 e. The van der Waals surface area contributed by atoms with Crippen LogP contribution in [-0.2, 0) is 29.4 Å². The number of nitrogens with one attached hydrogen (secondary N) is 1. The van der Waals surface area contributed by atoms with E-state index in [9.17, 15) is 13.2 Å². The molecule has 1 heterocycles. The highest BCUT2D eigenvalue weighted by Crippen LogP contribution is 2.28. The molecule has 0 saturated heterocycles. The lowest BCUT2D eigenvalue weighted by atomic mass is 9.97. The third-order valence-electron chi connectivity index (χ3n) is 5.50. The van der Waals surface area contributed by atoms with Crippen molar-refractivity contribution >= 4 is 21.8 Å². The van der Waals surface area contributed by atoms with Gasteiger partial charge in [0.25, 0.3) is 5.91 Å². The fourth-order valence-corrected chi connectivity index (χ4v) is 5.18. The van der Waals surface area contributed by atoms with Crippen LogP contribution in [0.3, 0.4) is 0 Å². The maximum atomic E-state index is 13.1. The van der Waals surface area contributed by atoms with Gasteiger partial charge in [-0.15, -0.1) is 0 Å². The van der Waals surface area contributed by atoms with E-state index in [-0.39, 0.29) is 10.8 Å². The van der Waals surface area contributed by atoms with Gasteiger partial charge in [-0.05, 0) is 55.5 Å². The van der Waals surface area contributed by atoms with Gasteiger partial charge >= 0.3 is 0 Å². The first-order valence-electron chi connectivity index (χ1n) is 10.4. The van der Waals surface area contributed by atoms with Crippen LogP contribution in [0.5, 0.6) is 0 Å². The van der Waals surface area contributed by atoms with Gasteiger partial charge in [-0.3, -0.25) is 10.1 Å². The number of rotatable bonds is 7. The minimum atomic E-state index is -3.68. The van der Waals surface area contributed by atoms with E-state index in [1.165, 1.54) is 28.6 Å². The van der Waals surface area contributed by atoms with E-state index in [2.05, 4.69) is 10.5 Å². The second-order valence-corrected chi connectivity index (χ2v) is 9.48. The zero-order valence-electron chi connectivity index (χ0n) is 17.4. The lowest BCUT2D eigenvalue weighted by molar-refractivity contribution is 0.102. The molecule has 0 bridgehead atoms. The van der Waals surface area contributed by atoms with Crippen LogP contribution in [0, 0.1) is 0 Å². The number of amides is 1. The SMILES string of the molecule is CCN(Cc1ccccc1)S(=O)(=O)c1ccc(C(=O)Nc2onc3c2CCCC3)cc1. The Hall–Kier alpha value is -2.97. The zero-order chi connectivity index (χ0) is 21.8. The molecule has 2 aromatic carbocycles. The highest BCUT2D eigenvalue weighted by molar-refractivity contribution is 7.89. The summed E-state index contributed by atoms with van der Waals surface area (Å²) in [5, 5.41) is 6.80. The molecule has 8 heteroatoms. The van der Waals surface area contributed by atoms with Crippen LogP contribution < -0.4 is 5.32 Å². The van der Waals surface area contributed by atoms with Gasteiger partial charge in [-0.2, -0.15) is 4.31 Å². The number of nitrogens with zero attached hydrogens (tertiary/aromatic N) is 2. The van der Waals surface area contributed by atoms with Crippen LogP contribution in [0.25, 0.3) is 0 Å². The number of sulfonamides is 1. The second kappa shape index (κ2) is 9.03. The Morgan fingerprint density at radius 3 is 2.48 bits per heavy atom. The number of hydrogen-bond donors (Lipinski definition) is 1. The number of hydrogen-bond acceptors (Lipinski definition) is 5. The molecule has 1 amide bonds. The molecule has 0 atom stereocenters. The molecule has 0 unspecified atom stereocenters. The van der Waals surface area contributed by atoms with E-state index in [1.54, 1.807) is 6.92 Å². The van der Waals surface area contributed by atoms with Crippen molar-refractivity contribution in [2.45, 2.75) is 44.0 Å². The molecule has 7 nitrogen and oxygen atoms in total. The topological polar surface area (TPSA) is 92.5 Å². The number of aryl methyl sites for hydroxylation is 1. The predicted molar refractivity (Wildman–Crippen MR) is 117 cm³/mol. The van der Waals surface area contributed by atoms with Crippen molar-refractivity contribution in [2.24, 2.45) is 0 Å². The highest BCUT2D eigenvalue weighted by Gasteiger charge is 2.24. The summed E-state index contributed by atoms with van der Waals surface area (Å²) in [4.78, 5) is 12.8. The second-order valence-electron chi connectivity index (χ2n) is 7.54. The lowest BCUT2D eigenvalue weighted by Gasteiger charge is -2.20.